The number of nitrogens with one attached hydrogen (secondary N) is 1. The second-order valence-electron chi connectivity index (χ2n) is 8.16. The van der Waals surface area contributed by atoms with Crippen molar-refractivity contribution in [2.45, 2.75) is 31.6 Å². The maximum absolute atomic E-state index is 10.7. The Balaban J connectivity index is 1.32. The van der Waals surface area contributed by atoms with Gasteiger partial charge >= 0.3 is 0 Å². The van der Waals surface area contributed by atoms with E-state index in [1.54, 1.807) is 0 Å². The van der Waals surface area contributed by atoms with Gasteiger partial charge in [0.25, 0.3) is 0 Å². The van der Waals surface area contributed by atoms with Gasteiger partial charge in [-0.1, -0.05) is 0 Å². The van der Waals surface area contributed by atoms with Crippen molar-refractivity contribution in [2.75, 3.05) is 24.2 Å². The SMILES string of the molecule is CCNc1ccc2ccc(OC[C@H]3C[C@@H](n4ccc5c(N)ncnc54)[C@H](O)[C@@H]3O)cc2n1. The van der Waals surface area contributed by atoms with Gasteiger partial charge in [0.2, 0.25) is 0 Å². The Morgan fingerprint density at radius 3 is 2.84 bits per heavy atom. The van der Waals surface area contributed by atoms with Crippen LogP contribution in [-0.4, -0.2) is 55.1 Å². The molecule has 1 saturated carbocycles. The molecule has 0 aliphatic heterocycles. The highest BCUT2D eigenvalue weighted by Gasteiger charge is 2.43. The van der Waals surface area contributed by atoms with E-state index in [1.165, 1.54) is 6.33 Å². The quantitative estimate of drug-likeness (QED) is 0.364. The van der Waals surface area contributed by atoms with Gasteiger partial charge in [0.15, 0.2) is 0 Å². The van der Waals surface area contributed by atoms with E-state index in [4.69, 9.17) is 10.5 Å². The van der Waals surface area contributed by atoms with Crippen molar-refractivity contribution in [3.05, 3.63) is 48.9 Å². The molecule has 1 aromatic carbocycles. The number of fused-ring (bicyclic) bond motifs is 2. The molecule has 5 rings (SSSR count). The van der Waals surface area contributed by atoms with Gasteiger partial charge < -0.3 is 30.6 Å². The van der Waals surface area contributed by atoms with Crippen LogP contribution in [0.15, 0.2) is 48.9 Å². The van der Waals surface area contributed by atoms with Gasteiger partial charge in [0.05, 0.1) is 29.7 Å². The third-order valence-corrected chi connectivity index (χ3v) is 6.15. The van der Waals surface area contributed by atoms with Crippen LogP contribution in [0.3, 0.4) is 0 Å². The van der Waals surface area contributed by atoms with Crippen molar-refractivity contribution >= 4 is 33.6 Å². The summed E-state index contributed by atoms with van der Waals surface area (Å²) in [6.45, 7) is 3.11. The number of benzene rings is 1. The number of anilines is 2. The van der Waals surface area contributed by atoms with Gasteiger partial charge in [-0.3, -0.25) is 0 Å². The minimum absolute atomic E-state index is 0.233. The van der Waals surface area contributed by atoms with Gasteiger partial charge in [-0.15, -0.1) is 0 Å². The van der Waals surface area contributed by atoms with E-state index in [0.717, 1.165) is 28.7 Å². The number of aromatic nitrogens is 4. The summed E-state index contributed by atoms with van der Waals surface area (Å²) in [5.74, 6) is 1.65. The number of aliphatic hydroxyl groups is 2. The Bertz CT molecular complexity index is 1260. The van der Waals surface area contributed by atoms with E-state index in [0.29, 0.717) is 23.6 Å². The number of nitrogen functional groups attached to an aromatic ring is 1. The minimum Gasteiger partial charge on any atom is -0.493 e. The van der Waals surface area contributed by atoms with Gasteiger partial charge in [0.1, 0.15) is 35.5 Å². The first-order chi connectivity index (χ1) is 15.5. The molecule has 0 amide bonds. The van der Waals surface area contributed by atoms with Crippen LogP contribution in [0.1, 0.15) is 19.4 Å². The molecular formula is C23H26N6O3. The van der Waals surface area contributed by atoms with E-state index in [1.807, 2.05) is 54.1 Å². The summed E-state index contributed by atoms with van der Waals surface area (Å²) in [5, 5.41) is 26.4. The molecule has 3 heterocycles. The minimum atomic E-state index is -0.934. The first-order valence-electron chi connectivity index (χ1n) is 10.8. The van der Waals surface area contributed by atoms with Crippen molar-refractivity contribution in [3.63, 3.8) is 0 Å². The standard InChI is InChI=1S/C23H26N6O3/c1-2-25-19-6-4-13-3-5-15(10-17(13)28-19)32-11-14-9-18(21(31)20(14)30)29-8-7-16-22(24)26-12-27-23(16)29/h3-8,10,12,14,18,20-21,30-31H,2,9,11H2,1H3,(H,25,28)(H2,24,26,27)/t14-,18-,20-,21+/m1/s1. The summed E-state index contributed by atoms with van der Waals surface area (Å²) in [5.41, 5.74) is 7.41. The highest BCUT2D eigenvalue weighted by atomic mass is 16.5. The second kappa shape index (κ2) is 8.25. The molecule has 1 aliphatic carbocycles. The fraction of sp³-hybridized carbons (Fsp3) is 0.348. The van der Waals surface area contributed by atoms with E-state index in [2.05, 4.69) is 20.3 Å². The summed E-state index contributed by atoms with van der Waals surface area (Å²) in [4.78, 5) is 12.9. The number of hydrogen-bond acceptors (Lipinski definition) is 8. The van der Waals surface area contributed by atoms with E-state index >= 15 is 0 Å². The molecule has 32 heavy (non-hydrogen) atoms. The van der Waals surface area contributed by atoms with Crippen LogP contribution in [0.4, 0.5) is 11.6 Å². The predicted molar refractivity (Wildman–Crippen MR) is 122 cm³/mol. The summed E-state index contributed by atoms with van der Waals surface area (Å²) in [6.07, 6.45) is 1.94. The average Bonchev–Trinajstić information content (AvgIpc) is 3.34. The van der Waals surface area contributed by atoms with E-state index in [-0.39, 0.29) is 18.6 Å². The van der Waals surface area contributed by atoms with Crippen LogP contribution in [-0.2, 0) is 0 Å². The lowest BCUT2D eigenvalue weighted by atomic mass is 10.1. The molecule has 3 aromatic heterocycles. The molecule has 4 atom stereocenters. The number of aliphatic hydroxyl groups excluding tert-OH is 2. The van der Waals surface area contributed by atoms with Crippen molar-refractivity contribution < 1.29 is 14.9 Å². The van der Waals surface area contributed by atoms with E-state index < -0.39 is 12.2 Å². The lowest BCUT2D eigenvalue weighted by Gasteiger charge is -2.19. The highest BCUT2D eigenvalue weighted by Crippen LogP contribution is 2.38. The average molecular weight is 435 g/mol. The third kappa shape index (κ3) is 3.59. The summed E-state index contributed by atoms with van der Waals surface area (Å²) in [6, 6.07) is 11.2. The number of nitrogens with zero attached hydrogens (tertiary/aromatic N) is 4. The third-order valence-electron chi connectivity index (χ3n) is 6.15. The lowest BCUT2D eigenvalue weighted by molar-refractivity contribution is -0.00141. The lowest BCUT2D eigenvalue weighted by Crippen LogP contribution is -2.31. The van der Waals surface area contributed by atoms with Crippen LogP contribution in [0, 0.1) is 5.92 Å². The van der Waals surface area contributed by atoms with Crippen molar-refractivity contribution in [2.24, 2.45) is 5.92 Å². The van der Waals surface area contributed by atoms with Crippen LogP contribution >= 0.6 is 0 Å². The number of nitrogens with two attached hydrogens (primary N) is 1. The zero-order valence-corrected chi connectivity index (χ0v) is 17.7. The number of rotatable bonds is 6. The maximum atomic E-state index is 10.7. The van der Waals surface area contributed by atoms with Crippen LogP contribution in [0.2, 0.25) is 0 Å². The molecule has 0 saturated heterocycles. The van der Waals surface area contributed by atoms with E-state index in [9.17, 15) is 10.2 Å². The van der Waals surface area contributed by atoms with Gasteiger partial charge in [-0.05, 0) is 43.7 Å². The molecule has 0 spiro atoms. The molecule has 9 nitrogen and oxygen atoms in total. The molecule has 9 heteroatoms. The molecular weight excluding hydrogens is 408 g/mol. The van der Waals surface area contributed by atoms with Crippen LogP contribution in [0.25, 0.3) is 21.9 Å². The van der Waals surface area contributed by atoms with Gasteiger partial charge in [0, 0.05) is 30.1 Å². The maximum Gasteiger partial charge on any atom is 0.145 e. The topological polar surface area (TPSA) is 131 Å². The zero-order valence-electron chi connectivity index (χ0n) is 17.7. The molecule has 1 fully saturated rings. The highest BCUT2D eigenvalue weighted by molar-refractivity contribution is 5.86. The molecule has 5 N–H and O–H groups in total. The fourth-order valence-corrected chi connectivity index (χ4v) is 4.47. The first kappa shape index (κ1) is 20.5. The monoisotopic (exact) mass is 434 g/mol. The van der Waals surface area contributed by atoms with Gasteiger partial charge in [-0.25, -0.2) is 15.0 Å². The Morgan fingerprint density at radius 1 is 1.16 bits per heavy atom. The summed E-state index contributed by atoms with van der Waals surface area (Å²) in [7, 11) is 0. The molecule has 166 valence electrons. The van der Waals surface area contributed by atoms with Gasteiger partial charge in [-0.2, -0.15) is 0 Å². The molecule has 0 bridgehead atoms. The number of ether oxygens (including phenoxy) is 1. The number of pyridine rings is 1. The Labute approximate surface area is 184 Å². The molecule has 0 unspecified atom stereocenters. The fourth-order valence-electron chi connectivity index (χ4n) is 4.47. The molecule has 1 aliphatic rings. The smallest absolute Gasteiger partial charge is 0.145 e. The van der Waals surface area contributed by atoms with Crippen LogP contribution in [0.5, 0.6) is 5.75 Å². The van der Waals surface area contributed by atoms with Crippen molar-refractivity contribution in [1.82, 2.24) is 19.5 Å². The van der Waals surface area contributed by atoms with Crippen molar-refractivity contribution in [1.29, 1.82) is 0 Å². The normalized spacial score (nSPS) is 23.1. The predicted octanol–water partition coefficient (Wildman–Crippen LogP) is 2.36. The Morgan fingerprint density at radius 2 is 2.00 bits per heavy atom. The molecule has 0 radical (unpaired) electrons. The Hall–Kier alpha value is -3.43. The summed E-state index contributed by atoms with van der Waals surface area (Å²) < 4.78 is 7.87. The largest absolute Gasteiger partial charge is 0.493 e. The Kier molecular flexibility index (Phi) is 5.28. The van der Waals surface area contributed by atoms with Crippen LogP contribution < -0.4 is 15.8 Å². The first-order valence-corrected chi connectivity index (χ1v) is 10.8. The summed E-state index contributed by atoms with van der Waals surface area (Å²) >= 11 is 0. The molecule has 4 aromatic rings. The second-order valence-corrected chi connectivity index (χ2v) is 8.16. The zero-order chi connectivity index (χ0) is 22.2. The number of hydrogen-bond donors (Lipinski definition) is 4. The van der Waals surface area contributed by atoms with Crippen molar-refractivity contribution in [3.8, 4) is 5.75 Å².